The summed E-state index contributed by atoms with van der Waals surface area (Å²) in [4.78, 5) is 43.7. The molecule has 1 aromatic rings. The van der Waals surface area contributed by atoms with Crippen LogP contribution in [0.4, 0.5) is 0 Å². The van der Waals surface area contributed by atoms with Crippen LogP contribution in [0.2, 0.25) is 0 Å². The molecule has 0 aliphatic carbocycles. The third kappa shape index (κ3) is 14.8. The number of ketones is 1. The van der Waals surface area contributed by atoms with Crippen LogP contribution in [0.3, 0.4) is 0 Å². The molecule has 73 heavy (non-hydrogen) atoms. The zero-order valence-corrected chi connectivity index (χ0v) is 46.4. The van der Waals surface area contributed by atoms with Gasteiger partial charge in [-0.1, -0.05) is 58.0 Å². The van der Waals surface area contributed by atoms with Crippen molar-refractivity contribution in [2.45, 2.75) is 205 Å². The molecule has 0 spiro atoms. The Balaban J connectivity index is 1.33. The number of hydrogen-bond donors (Lipinski definition) is 5. The molecule has 4 aliphatic heterocycles. The van der Waals surface area contributed by atoms with Gasteiger partial charge in [-0.25, -0.2) is 8.42 Å². The van der Waals surface area contributed by atoms with Crippen LogP contribution in [0.25, 0.3) is 5.57 Å². The molecule has 3 saturated heterocycles. The van der Waals surface area contributed by atoms with Crippen molar-refractivity contribution in [2.75, 3.05) is 45.9 Å². The molecule has 19 heteroatoms. The standard InChI is InChI=1S/C54H88N2O16S/c1-14-41-54(10,63)47(60)33(4)44(58)31(2)28-53(9,67-13)49(34(5)46(35(6)50(62)70-41)71-43-29-52(8,66-12)48(61)36(7)69-43)72-51-45(59)40(27-32(3)68-51)56(11)25-22-42(57)55-24-16-15-17-37-18-20-38(21-19-37)39-23-26-73(64,65)30-39/h18-21,23,31-36,40-41,43,45-49,51,59-61,63H,14-17,22,24-30H2,1-13H3,(H,55,57)/t31-,32-,33+,34+,35-,36+,40+,41-,43+,45-,46+,47-,48+,49-,51-,52-,53-,54-/m1/s1. The van der Waals surface area contributed by atoms with Crippen molar-refractivity contribution in [3.63, 3.8) is 0 Å². The van der Waals surface area contributed by atoms with Gasteiger partial charge in [-0.05, 0) is 104 Å². The van der Waals surface area contributed by atoms with Crippen molar-refractivity contribution in [2.24, 2.45) is 23.7 Å². The smallest absolute Gasteiger partial charge is 0.311 e. The Morgan fingerprint density at radius 1 is 0.890 bits per heavy atom. The number of benzene rings is 1. The number of rotatable bonds is 17. The summed E-state index contributed by atoms with van der Waals surface area (Å²) in [5.74, 6) is -4.81. The number of likely N-dealkylation sites (N-methyl/N-ethyl adjacent to an activating group) is 1. The van der Waals surface area contributed by atoms with E-state index in [9.17, 15) is 43.2 Å². The maximum Gasteiger partial charge on any atom is 0.311 e. The van der Waals surface area contributed by atoms with E-state index in [1.54, 1.807) is 47.6 Å². The first kappa shape index (κ1) is 60.9. The molecule has 0 saturated carbocycles. The maximum atomic E-state index is 14.4. The van der Waals surface area contributed by atoms with E-state index in [0.717, 1.165) is 36.0 Å². The van der Waals surface area contributed by atoms with Gasteiger partial charge in [-0.15, -0.1) is 0 Å². The number of ether oxygens (including phenoxy) is 7. The lowest BCUT2D eigenvalue weighted by Crippen LogP contribution is -2.61. The highest BCUT2D eigenvalue weighted by Gasteiger charge is 2.54. The van der Waals surface area contributed by atoms with E-state index in [-0.39, 0.29) is 48.9 Å². The highest BCUT2D eigenvalue weighted by Crippen LogP contribution is 2.42. The quantitative estimate of drug-likeness (QED) is 0.109. The van der Waals surface area contributed by atoms with Gasteiger partial charge in [0.2, 0.25) is 5.91 Å². The molecule has 5 rings (SSSR count). The van der Waals surface area contributed by atoms with E-state index in [1.165, 1.54) is 28.1 Å². The maximum absolute atomic E-state index is 14.4. The largest absolute Gasteiger partial charge is 0.459 e. The number of unbranched alkanes of at least 4 members (excludes halogenated alkanes) is 1. The fourth-order valence-electron chi connectivity index (χ4n) is 11.4. The highest BCUT2D eigenvalue weighted by atomic mass is 32.2. The summed E-state index contributed by atoms with van der Waals surface area (Å²) < 4.78 is 68.3. The van der Waals surface area contributed by atoms with Crippen molar-refractivity contribution < 1.29 is 76.4 Å². The number of hydrogen-bond acceptors (Lipinski definition) is 17. The molecule has 0 aromatic heterocycles. The van der Waals surface area contributed by atoms with Crippen molar-refractivity contribution in [1.82, 2.24) is 10.2 Å². The Labute approximate surface area is 434 Å². The van der Waals surface area contributed by atoms with E-state index in [1.807, 2.05) is 50.1 Å². The lowest BCUT2D eigenvalue weighted by molar-refractivity contribution is -0.319. The Bertz CT molecular complexity index is 2140. The number of amides is 1. The van der Waals surface area contributed by atoms with Crippen LogP contribution in [-0.2, 0) is 63.8 Å². The van der Waals surface area contributed by atoms with Gasteiger partial charge in [0.25, 0.3) is 0 Å². The normalized spacial score (nSPS) is 39.9. The van der Waals surface area contributed by atoms with Gasteiger partial charge in [-0.3, -0.25) is 14.4 Å². The number of aryl methyl sites for hydroxylation is 1. The van der Waals surface area contributed by atoms with Gasteiger partial charge < -0.3 is 63.8 Å². The molecule has 0 radical (unpaired) electrons. The van der Waals surface area contributed by atoms with Gasteiger partial charge in [0.15, 0.2) is 22.4 Å². The summed E-state index contributed by atoms with van der Waals surface area (Å²) >= 11 is 0. The number of nitrogens with zero attached hydrogens (tertiary/aromatic N) is 1. The summed E-state index contributed by atoms with van der Waals surface area (Å²) in [6.45, 7) is 17.7. The van der Waals surface area contributed by atoms with E-state index >= 15 is 0 Å². The van der Waals surface area contributed by atoms with Crippen molar-refractivity contribution in [3.05, 3.63) is 41.5 Å². The fraction of sp³-hybridized carbons (Fsp3) is 0.796. The number of esters is 1. The van der Waals surface area contributed by atoms with E-state index in [0.29, 0.717) is 19.5 Å². The van der Waals surface area contributed by atoms with Crippen molar-refractivity contribution in [3.8, 4) is 0 Å². The third-order valence-electron chi connectivity index (χ3n) is 16.4. The van der Waals surface area contributed by atoms with Gasteiger partial charge >= 0.3 is 5.97 Å². The summed E-state index contributed by atoms with van der Waals surface area (Å²) in [6, 6.07) is 7.45. The number of carbonyl (C=O) groups excluding carboxylic acids is 3. The number of aliphatic hydroxyl groups is 4. The Hall–Kier alpha value is -2.92. The zero-order valence-electron chi connectivity index (χ0n) is 45.6. The lowest BCUT2D eigenvalue weighted by Gasteiger charge is -2.50. The lowest BCUT2D eigenvalue weighted by atomic mass is 9.74. The summed E-state index contributed by atoms with van der Waals surface area (Å²) in [6.07, 6.45) is -5.57. The molecular weight excluding hydrogens is 965 g/mol. The van der Waals surface area contributed by atoms with Crippen molar-refractivity contribution >= 4 is 33.1 Å². The molecule has 4 aliphatic rings. The number of nitrogens with one attached hydrogen (secondary N) is 1. The Morgan fingerprint density at radius 2 is 1.55 bits per heavy atom. The van der Waals surface area contributed by atoms with Crippen LogP contribution in [0.15, 0.2) is 30.3 Å². The number of sulfone groups is 1. The minimum atomic E-state index is -3.04. The van der Waals surface area contributed by atoms with Crippen LogP contribution in [0, 0.1) is 23.7 Å². The first-order valence-corrected chi connectivity index (χ1v) is 28.1. The number of Topliss-reactive ketones (excluding diaryl/α,β-unsaturated/α-hetero) is 1. The highest BCUT2D eigenvalue weighted by molar-refractivity contribution is 7.92. The van der Waals surface area contributed by atoms with E-state index in [2.05, 4.69) is 5.32 Å². The first-order chi connectivity index (χ1) is 34.1. The second-order valence-corrected chi connectivity index (χ2v) is 24.3. The van der Waals surface area contributed by atoms with Crippen LogP contribution in [0.1, 0.15) is 125 Å². The number of methoxy groups -OCH3 is 2. The topological polar surface area (TPSA) is 246 Å². The molecule has 4 heterocycles. The number of cyclic esters (lactones) is 1. The fourth-order valence-corrected chi connectivity index (χ4v) is 12.7. The monoisotopic (exact) mass is 1050 g/mol. The molecule has 3 fully saturated rings. The van der Waals surface area contributed by atoms with E-state index < -0.39 is 124 Å². The average molecular weight is 1050 g/mol. The summed E-state index contributed by atoms with van der Waals surface area (Å²) in [5, 5.41) is 49.7. The second kappa shape index (κ2) is 25.5. The predicted molar refractivity (Wildman–Crippen MR) is 274 cm³/mol. The van der Waals surface area contributed by atoms with Crippen LogP contribution in [-0.4, -0.2) is 182 Å². The molecule has 18 nitrogen and oxygen atoms in total. The molecular formula is C54H88N2O16S. The molecule has 0 unspecified atom stereocenters. The molecule has 18 atom stereocenters. The summed E-state index contributed by atoms with van der Waals surface area (Å²) in [7, 11) is 1.77. The Morgan fingerprint density at radius 3 is 2.15 bits per heavy atom. The van der Waals surface area contributed by atoms with Crippen LogP contribution >= 0.6 is 0 Å². The molecule has 0 bridgehead atoms. The molecule has 1 aromatic carbocycles. The molecule has 1 amide bonds. The number of aliphatic hydroxyl groups excluding tert-OH is 3. The average Bonchev–Trinajstić information content (AvgIpc) is 3.72. The minimum absolute atomic E-state index is 0.0442. The third-order valence-corrected chi connectivity index (χ3v) is 17.8. The Kier molecular flexibility index (Phi) is 21.3. The van der Waals surface area contributed by atoms with Gasteiger partial charge in [0.05, 0.1) is 59.1 Å². The van der Waals surface area contributed by atoms with E-state index in [4.69, 9.17) is 33.2 Å². The van der Waals surface area contributed by atoms with Gasteiger partial charge in [0.1, 0.15) is 29.7 Å². The summed E-state index contributed by atoms with van der Waals surface area (Å²) in [5.41, 5.74) is -1.55. The van der Waals surface area contributed by atoms with Crippen LogP contribution in [0.5, 0.6) is 0 Å². The molecule has 416 valence electrons. The zero-order chi connectivity index (χ0) is 54.4. The van der Waals surface area contributed by atoms with Gasteiger partial charge in [0, 0.05) is 63.9 Å². The number of carbonyl (C=O) groups is 3. The second-order valence-electron chi connectivity index (χ2n) is 22.2. The molecule has 5 N–H and O–H groups in total. The minimum Gasteiger partial charge on any atom is -0.459 e. The van der Waals surface area contributed by atoms with Gasteiger partial charge in [-0.2, -0.15) is 0 Å². The predicted octanol–water partition coefficient (Wildman–Crippen LogP) is 4.15. The first-order valence-electron chi connectivity index (χ1n) is 26.3. The van der Waals surface area contributed by atoms with Crippen molar-refractivity contribution in [1.29, 1.82) is 0 Å². The SMILES string of the molecule is CC[C@H]1OC(=O)[C@H](C)[C@@H](O[C@H]2C[C@@](C)(OC)[C@@H](O)[C@H](C)O2)[C@H](C)[C@@H](O[C@H]2O[C@H](C)C[C@H](N(C)CCC(=O)NCCCCc3ccc(C4=CCS(=O)(=O)C4)cc3)[C@H]2O)[C@](C)(OC)C[C@@H](C)C(=O)[C@H](C)[C@@H](O)[C@]1(C)O. The van der Waals surface area contributed by atoms with Crippen LogP contribution < -0.4 is 5.32 Å².